The molecule has 4 atom stereocenters. The molecule has 346 valence electrons. The number of amides is 9. The number of rotatable bonds is 30. The van der Waals surface area contributed by atoms with E-state index in [4.69, 9.17) is 19.9 Å². The summed E-state index contributed by atoms with van der Waals surface area (Å²) in [4.78, 5) is 136. The number of hydrogen-bond donors (Lipinski definition) is 8. The van der Waals surface area contributed by atoms with Crippen LogP contribution in [-0.2, 0) is 67.0 Å². The van der Waals surface area contributed by atoms with Crippen molar-refractivity contribution in [3.05, 3.63) is 12.2 Å². The predicted molar refractivity (Wildman–Crippen MR) is 212 cm³/mol. The number of ether oxygens (including phenoxy) is 3. The molecule has 2 heterocycles. The van der Waals surface area contributed by atoms with Gasteiger partial charge in [-0.3, -0.25) is 57.6 Å². The Hall–Kier alpha value is -6.01. The number of carboxylic acid groups (broad SMARTS) is 2. The summed E-state index contributed by atoms with van der Waals surface area (Å²) in [6.45, 7) is 6.49. The largest absolute Gasteiger partial charge is 0.480 e. The first-order chi connectivity index (χ1) is 29.2. The lowest BCUT2D eigenvalue weighted by molar-refractivity contribution is -0.180. The first kappa shape index (κ1) is 52.1. The second kappa shape index (κ2) is 25.7. The fraction of sp³-hybridized carbons (Fsp3) is 0.658. The van der Waals surface area contributed by atoms with Gasteiger partial charge in [-0.05, 0) is 26.2 Å². The molecule has 24 nitrogen and oxygen atoms in total. The SMILES string of the molecule is CC(C)CC(CC(=O)N1CC(C(=O)O)(C(=O)O)C1)NC(=O)C(CC(N)=O)NC(=O)C(C)NC(=O)C(C)NC(=O)CCOCCOCCOCCNC(=O)CCN1C(=O)C=CC1=O. The monoisotopic (exact) mass is 882 g/mol. The molecule has 9 amide bonds. The zero-order chi connectivity index (χ0) is 46.6. The van der Waals surface area contributed by atoms with Gasteiger partial charge in [-0.15, -0.1) is 0 Å². The lowest BCUT2D eigenvalue weighted by Gasteiger charge is -2.44. The highest BCUT2D eigenvalue weighted by atomic mass is 16.5. The van der Waals surface area contributed by atoms with Gasteiger partial charge in [0.1, 0.15) is 18.1 Å². The number of nitrogens with zero attached hydrogens (tertiary/aromatic N) is 2. The maximum atomic E-state index is 13.3. The summed E-state index contributed by atoms with van der Waals surface area (Å²) < 4.78 is 16.1. The standard InChI is InChI=1S/C38H58N8O16/c1-22(2)17-25(18-32(52)45-20-38(21-45,36(56)57)37(58)59)43-35(55)26(19-27(39)47)44-34(54)24(4)42-33(53)23(3)41-29(49)8-11-60-13-15-62-16-14-61-12-9-40-28(48)7-10-46-30(50)5-6-31(46)51/h5-6,22-26H,7-21H2,1-4H3,(H2,39,47)(H,40,48)(H,41,49)(H,42,53)(H,43,55)(H,44,54)(H,56,57)(H,58,59). The second-order valence-electron chi connectivity index (χ2n) is 15.1. The van der Waals surface area contributed by atoms with Gasteiger partial charge in [-0.2, -0.15) is 0 Å². The maximum Gasteiger partial charge on any atom is 0.324 e. The van der Waals surface area contributed by atoms with Crippen LogP contribution < -0.4 is 32.3 Å². The van der Waals surface area contributed by atoms with Crippen LogP contribution in [0, 0.1) is 11.3 Å². The molecule has 4 unspecified atom stereocenters. The second-order valence-corrected chi connectivity index (χ2v) is 15.1. The normalized spacial score (nSPS) is 16.1. The first-order valence-corrected chi connectivity index (χ1v) is 19.9. The molecule has 62 heavy (non-hydrogen) atoms. The molecule has 24 heteroatoms. The molecule has 0 bridgehead atoms. The van der Waals surface area contributed by atoms with Gasteiger partial charge >= 0.3 is 11.9 Å². The predicted octanol–water partition coefficient (Wildman–Crippen LogP) is -3.85. The molecule has 0 spiro atoms. The van der Waals surface area contributed by atoms with Crippen LogP contribution in [-0.4, -0.2) is 175 Å². The zero-order valence-electron chi connectivity index (χ0n) is 35.2. The molecule has 9 N–H and O–H groups in total. The number of carbonyl (C=O) groups excluding carboxylic acids is 9. The number of nitrogens with one attached hydrogen (secondary N) is 5. The third kappa shape index (κ3) is 17.5. The van der Waals surface area contributed by atoms with E-state index in [1.807, 2.05) is 13.8 Å². The molecule has 0 aromatic rings. The summed E-state index contributed by atoms with van der Waals surface area (Å²) in [5.41, 5.74) is 3.20. The van der Waals surface area contributed by atoms with Crippen molar-refractivity contribution < 1.29 is 77.2 Å². The summed E-state index contributed by atoms with van der Waals surface area (Å²) in [7, 11) is 0. The Morgan fingerprint density at radius 3 is 1.77 bits per heavy atom. The Morgan fingerprint density at radius 2 is 1.23 bits per heavy atom. The van der Waals surface area contributed by atoms with E-state index in [1.165, 1.54) is 13.8 Å². The Kier molecular flexibility index (Phi) is 21.6. The van der Waals surface area contributed by atoms with Crippen LogP contribution in [0.25, 0.3) is 0 Å². The lowest BCUT2D eigenvalue weighted by atomic mass is 9.79. The van der Waals surface area contributed by atoms with Crippen LogP contribution in [0.15, 0.2) is 12.2 Å². The van der Waals surface area contributed by atoms with E-state index >= 15 is 0 Å². The van der Waals surface area contributed by atoms with E-state index in [1.54, 1.807) is 0 Å². The van der Waals surface area contributed by atoms with Crippen molar-refractivity contribution in [1.29, 1.82) is 0 Å². The number of aliphatic carboxylic acids is 2. The van der Waals surface area contributed by atoms with Crippen LogP contribution in [0.3, 0.4) is 0 Å². The van der Waals surface area contributed by atoms with Gasteiger partial charge in [-0.1, -0.05) is 13.8 Å². The smallest absolute Gasteiger partial charge is 0.324 e. The molecule has 2 aliphatic heterocycles. The molecule has 0 aromatic heterocycles. The van der Waals surface area contributed by atoms with Crippen molar-refractivity contribution in [1.82, 2.24) is 36.4 Å². The quantitative estimate of drug-likeness (QED) is 0.0194. The number of imide groups is 1. The molecule has 1 fully saturated rings. The highest BCUT2D eigenvalue weighted by Crippen LogP contribution is 2.32. The van der Waals surface area contributed by atoms with Crippen LogP contribution >= 0.6 is 0 Å². The van der Waals surface area contributed by atoms with E-state index in [0.29, 0.717) is 0 Å². The summed E-state index contributed by atoms with van der Waals surface area (Å²) in [5, 5.41) is 31.1. The average Bonchev–Trinajstić information content (AvgIpc) is 3.48. The number of nitrogens with two attached hydrogens (primary N) is 1. The minimum atomic E-state index is -2.12. The van der Waals surface area contributed by atoms with E-state index in [-0.39, 0.29) is 90.2 Å². The molecule has 0 radical (unpaired) electrons. The van der Waals surface area contributed by atoms with E-state index in [2.05, 4.69) is 26.6 Å². The van der Waals surface area contributed by atoms with Crippen molar-refractivity contribution in [3.63, 3.8) is 0 Å². The Labute approximate surface area is 357 Å². The van der Waals surface area contributed by atoms with Gasteiger partial charge in [0, 0.05) is 63.6 Å². The van der Waals surface area contributed by atoms with E-state index in [0.717, 1.165) is 22.0 Å². The Bertz CT molecular complexity index is 1660. The molecule has 0 aliphatic carbocycles. The number of carboxylic acids is 2. The van der Waals surface area contributed by atoms with Crippen molar-refractivity contribution in [3.8, 4) is 0 Å². The zero-order valence-corrected chi connectivity index (χ0v) is 35.2. The average molecular weight is 883 g/mol. The van der Waals surface area contributed by atoms with Gasteiger partial charge in [0.15, 0.2) is 5.41 Å². The number of hydrogen-bond acceptors (Lipinski definition) is 14. The van der Waals surface area contributed by atoms with Crippen LogP contribution in [0.5, 0.6) is 0 Å². The highest BCUT2D eigenvalue weighted by molar-refractivity contribution is 6.13. The molecular weight excluding hydrogens is 824 g/mol. The molecule has 1 saturated heterocycles. The Morgan fingerprint density at radius 1 is 0.694 bits per heavy atom. The van der Waals surface area contributed by atoms with Crippen molar-refractivity contribution >= 4 is 65.1 Å². The van der Waals surface area contributed by atoms with Crippen molar-refractivity contribution in [2.75, 3.05) is 65.8 Å². The number of primary amides is 1. The topological polar surface area (TPSA) is 349 Å². The lowest BCUT2D eigenvalue weighted by Crippen LogP contribution is -2.66. The molecule has 2 aliphatic rings. The van der Waals surface area contributed by atoms with Crippen LogP contribution in [0.4, 0.5) is 0 Å². The fourth-order valence-electron chi connectivity index (χ4n) is 5.96. The highest BCUT2D eigenvalue weighted by Gasteiger charge is 2.57. The van der Waals surface area contributed by atoms with Gasteiger partial charge in [-0.25, -0.2) is 0 Å². The summed E-state index contributed by atoms with van der Waals surface area (Å²) >= 11 is 0. The summed E-state index contributed by atoms with van der Waals surface area (Å²) in [6, 6.07) is -4.69. The van der Waals surface area contributed by atoms with E-state index < -0.39 is 108 Å². The summed E-state index contributed by atoms with van der Waals surface area (Å²) in [5.74, 6) is -9.01. The fourth-order valence-corrected chi connectivity index (χ4v) is 5.96. The van der Waals surface area contributed by atoms with Crippen LogP contribution in [0.1, 0.15) is 59.8 Å². The van der Waals surface area contributed by atoms with Crippen LogP contribution in [0.2, 0.25) is 0 Å². The van der Waals surface area contributed by atoms with Gasteiger partial charge in [0.2, 0.25) is 41.4 Å². The molecule has 0 aromatic carbocycles. The minimum Gasteiger partial charge on any atom is -0.480 e. The van der Waals surface area contributed by atoms with Gasteiger partial charge in [0.05, 0.1) is 46.1 Å². The van der Waals surface area contributed by atoms with Crippen molar-refractivity contribution in [2.24, 2.45) is 17.1 Å². The molecular formula is C38H58N8O16. The van der Waals surface area contributed by atoms with Crippen molar-refractivity contribution in [2.45, 2.75) is 84.0 Å². The third-order valence-electron chi connectivity index (χ3n) is 9.43. The maximum absolute atomic E-state index is 13.3. The first-order valence-electron chi connectivity index (χ1n) is 19.9. The van der Waals surface area contributed by atoms with Gasteiger partial charge < -0.3 is 61.6 Å². The summed E-state index contributed by atoms with van der Waals surface area (Å²) in [6.07, 6.45) is 1.47. The van der Waals surface area contributed by atoms with E-state index in [9.17, 15) is 63.0 Å². The number of likely N-dealkylation sites (tertiary alicyclic amines) is 1. The molecule has 0 saturated carbocycles. The van der Waals surface area contributed by atoms with Gasteiger partial charge in [0.25, 0.3) is 11.8 Å². The number of carbonyl (C=O) groups is 11. The third-order valence-corrected chi connectivity index (χ3v) is 9.43. The minimum absolute atomic E-state index is 0.00919. The Balaban J connectivity index is 1.66. The molecule has 2 rings (SSSR count).